The van der Waals surface area contributed by atoms with Crippen LogP contribution in [0.5, 0.6) is 5.75 Å². The summed E-state index contributed by atoms with van der Waals surface area (Å²) in [4.78, 5) is 6.87. The van der Waals surface area contributed by atoms with Gasteiger partial charge in [-0.25, -0.2) is 0 Å². The summed E-state index contributed by atoms with van der Waals surface area (Å²) in [7, 11) is 1.67. The van der Waals surface area contributed by atoms with Crippen LogP contribution in [0.3, 0.4) is 0 Å². The number of piperidine rings is 1. The van der Waals surface area contributed by atoms with Crippen molar-refractivity contribution in [3.05, 3.63) is 23.5 Å². The summed E-state index contributed by atoms with van der Waals surface area (Å²) in [5.74, 6) is 1.15. The van der Waals surface area contributed by atoms with Crippen LogP contribution in [0.4, 0.5) is 0 Å². The molecule has 2 heterocycles. The molecule has 104 valence electrons. The van der Waals surface area contributed by atoms with Crippen molar-refractivity contribution in [2.75, 3.05) is 20.2 Å². The molecular formula is C14H21N3O2. The molecule has 19 heavy (non-hydrogen) atoms. The molecule has 2 rings (SSSR count). The number of likely N-dealkylation sites (tertiary alicyclic amines) is 1. The molecule has 1 aliphatic heterocycles. The molecular weight excluding hydrogens is 242 g/mol. The third kappa shape index (κ3) is 3.44. The molecule has 0 bridgehead atoms. The van der Waals surface area contributed by atoms with Crippen molar-refractivity contribution in [3.8, 4) is 5.75 Å². The number of ether oxygens (including phenoxy) is 1. The maximum Gasteiger partial charge on any atom is 0.122 e. The number of pyridine rings is 1. The van der Waals surface area contributed by atoms with Gasteiger partial charge in [-0.05, 0) is 6.92 Å². The molecule has 0 saturated carbocycles. The molecule has 5 nitrogen and oxygen atoms in total. The summed E-state index contributed by atoms with van der Waals surface area (Å²) < 4.78 is 5.27. The van der Waals surface area contributed by atoms with E-state index in [1.54, 1.807) is 7.11 Å². The first-order chi connectivity index (χ1) is 9.12. The Morgan fingerprint density at radius 3 is 2.95 bits per heavy atom. The summed E-state index contributed by atoms with van der Waals surface area (Å²) in [5, 5.41) is 12.2. The lowest BCUT2D eigenvalue weighted by molar-refractivity contribution is 0.226. The molecule has 0 aromatic carbocycles. The summed E-state index contributed by atoms with van der Waals surface area (Å²) in [6.45, 7) is 6.67. The van der Waals surface area contributed by atoms with Gasteiger partial charge in [0.05, 0.1) is 18.5 Å². The fraction of sp³-hybridized carbons (Fsp3) is 0.571. The third-order valence-electron chi connectivity index (χ3n) is 3.51. The number of methoxy groups -OCH3 is 1. The fourth-order valence-electron chi connectivity index (χ4n) is 2.53. The number of nitrogens with zero attached hydrogens (tertiary/aromatic N) is 3. The van der Waals surface area contributed by atoms with E-state index in [4.69, 9.17) is 9.94 Å². The highest BCUT2D eigenvalue weighted by atomic mass is 16.5. The van der Waals surface area contributed by atoms with E-state index < -0.39 is 0 Å². The first-order valence-electron chi connectivity index (χ1n) is 6.57. The highest BCUT2D eigenvalue weighted by molar-refractivity contribution is 5.86. The lowest BCUT2D eigenvalue weighted by atomic mass is 9.97. The average molecular weight is 263 g/mol. The Bertz CT molecular complexity index is 474. The highest BCUT2D eigenvalue weighted by Gasteiger charge is 2.22. The van der Waals surface area contributed by atoms with Gasteiger partial charge >= 0.3 is 0 Å². The molecule has 0 spiro atoms. The SMILES string of the molecule is COc1cc(C)nc(CN2CC/C(=N/O)C(C)C2)c1. The maximum atomic E-state index is 8.88. The predicted octanol–water partition coefficient (Wildman–Crippen LogP) is 2.07. The Kier molecular flexibility index (Phi) is 4.37. The standard InChI is InChI=1S/C14H21N3O2/c1-10-8-17(5-4-14(10)16-18)9-12-7-13(19-3)6-11(2)15-12/h6-7,10,18H,4-5,8-9H2,1-3H3/b16-14-. The van der Waals surface area contributed by atoms with Crippen molar-refractivity contribution < 1.29 is 9.94 Å². The van der Waals surface area contributed by atoms with Gasteiger partial charge in [-0.2, -0.15) is 0 Å². The van der Waals surface area contributed by atoms with Gasteiger partial charge in [0.1, 0.15) is 5.75 Å². The Morgan fingerprint density at radius 1 is 1.53 bits per heavy atom. The Labute approximate surface area is 113 Å². The van der Waals surface area contributed by atoms with Gasteiger partial charge in [-0.1, -0.05) is 12.1 Å². The first-order valence-corrected chi connectivity index (χ1v) is 6.57. The molecule has 1 aliphatic rings. The number of aryl methyl sites for hydroxylation is 1. The number of aromatic nitrogens is 1. The van der Waals surface area contributed by atoms with Gasteiger partial charge < -0.3 is 9.94 Å². The van der Waals surface area contributed by atoms with Gasteiger partial charge in [0.15, 0.2) is 0 Å². The second-order valence-electron chi connectivity index (χ2n) is 5.12. The van der Waals surface area contributed by atoms with Crippen molar-refractivity contribution in [2.24, 2.45) is 11.1 Å². The smallest absolute Gasteiger partial charge is 0.122 e. The summed E-state index contributed by atoms with van der Waals surface area (Å²) in [6, 6.07) is 3.91. The van der Waals surface area contributed by atoms with Crippen molar-refractivity contribution in [1.82, 2.24) is 9.88 Å². The molecule has 1 fully saturated rings. The molecule has 5 heteroatoms. The summed E-state index contributed by atoms with van der Waals surface area (Å²) in [6.07, 6.45) is 0.820. The van der Waals surface area contributed by atoms with Gasteiger partial charge in [0, 0.05) is 49.8 Å². The van der Waals surface area contributed by atoms with Gasteiger partial charge in [0.2, 0.25) is 0 Å². The normalized spacial score (nSPS) is 22.7. The van der Waals surface area contributed by atoms with E-state index in [1.165, 1.54) is 0 Å². The minimum atomic E-state index is 0.297. The molecule has 1 aromatic rings. The molecule has 0 amide bonds. The van der Waals surface area contributed by atoms with Crippen molar-refractivity contribution >= 4 is 5.71 Å². The van der Waals surface area contributed by atoms with Crippen LogP contribution in [-0.2, 0) is 6.54 Å². The zero-order chi connectivity index (χ0) is 13.8. The second kappa shape index (κ2) is 6.02. The fourth-order valence-corrected chi connectivity index (χ4v) is 2.53. The second-order valence-corrected chi connectivity index (χ2v) is 5.12. The van der Waals surface area contributed by atoms with E-state index in [0.29, 0.717) is 5.92 Å². The van der Waals surface area contributed by atoms with Crippen LogP contribution in [0.15, 0.2) is 17.3 Å². The van der Waals surface area contributed by atoms with Crippen LogP contribution in [0.2, 0.25) is 0 Å². The van der Waals surface area contributed by atoms with Crippen LogP contribution >= 0.6 is 0 Å². The highest BCUT2D eigenvalue weighted by Crippen LogP contribution is 2.18. The third-order valence-corrected chi connectivity index (χ3v) is 3.51. The van der Waals surface area contributed by atoms with E-state index in [-0.39, 0.29) is 0 Å². The topological polar surface area (TPSA) is 58.0 Å². The van der Waals surface area contributed by atoms with Crippen molar-refractivity contribution in [2.45, 2.75) is 26.8 Å². The molecule has 1 N–H and O–H groups in total. The van der Waals surface area contributed by atoms with E-state index in [9.17, 15) is 0 Å². The predicted molar refractivity (Wildman–Crippen MR) is 73.8 cm³/mol. The van der Waals surface area contributed by atoms with Crippen molar-refractivity contribution in [3.63, 3.8) is 0 Å². The van der Waals surface area contributed by atoms with Gasteiger partial charge in [0.25, 0.3) is 0 Å². The molecule has 1 unspecified atom stereocenters. The van der Waals surface area contributed by atoms with Crippen LogP contribution < -0.4 is 4.74 Å². The van der Waals surface area contributed by atoms with Crippen LogP contribution in [0.1, 0.15) is 24.7 Å². The number of hydrogen-bond donors (Lipinski definition) is 1. The molecule has 1 aromatic heterocycles. The minimum absolute atomic E-state index is 0.297. The Hall–Kier alpha value is -1.62. The van der Waals surface area contributed by atoms with E-state index in [0.717, 1.165) is 48.9 Å². The zero-order valence-corrected chi connectivity index (χ0v) is 11.8. The maximum absolute atomic E-state index is 8.88. The largest absolute Gasteiger partial charge is 0.497 e. The lowest BCUT2D eigenvalue weighted by Gasteiger charge is -2.31. The molecule has 1 atom stereocenters. The van der Waals surface area contributed by atoms with E-state index in [2.05, 4.69) is 22.0 Å². The van der Waals surface area contributed by atoms with Gasteiger partial charge in [-0.3, -0.25) is 9.88 Å². The molecule has 1 saturated heterocycles. The van der Waals surface area contributed by atoms with E-state index in [1.807, 2.05) is 19.1 Å². The minimum Gasteiger partial charge on any atom is -0.497 e. The van der Waals surface area contributed by atoms with Crippen LogP contribution in [0.25, 0.3) is 0 Å². The van der Waals surface area contributed by atoms with E-state index >= 15 is 0 Å². The average Bonchev–Trinajstić information content (AvgIpc) is 2.38. The number of rotatable bonds is 3. The lowest BCUT2D eigenvalue weighted by Crippen LogP contribution is -2.39. The molecule has 0 radical (unpaired) electrons. The van der Waals surface area contributed by atoms with Crippen LogP contribution in [-0.4, -0.2) is 41.0 Å². The number of oxime groups is 1. The number of hydrogen-bond acceptors (Lipinski definition) is 5. The Morgan fingerprint density at radius 2 is 2.32 bits per heavy atom. The quantitative estimate of drug-likeness (QED) is 0.670. The van der Waals surface area contributed by atoms with Crippen LogP contribution in [0, 0.1) is 12.8 Å². The summed E-state index contributed by atoms with van der Waals surface area (Å²) in [5.41, 5.74) is 2.89. The monoisotopic (exact) mass is 263 g/mol. The summed E-state index contributed by atoms with van der Waals surface area (Å²) >= 11 is 0. The molecule has 0 aliphatic carbocycles. The Balaban J connectivity index is 2.04. The first kappa shape index (κ1) is 13.8. The van der Waals surface area contributed by atoms with Crippen molar-refractivity contribution in [1.29, 1.82) is 0 Å². The van der Waals surface area contributed by atoms with Gasteiger partial charge in [-0.15, -0.1) is 0 Å². The zero-order valence-electron chi connectivity index (χ0n) is 11.8.